The quantitative estimate of drug-likeness (QED) is 0.428. The van der Waals surface area contributed by atoms with Crippen molar-refractivity contribution in [3.8, 4) is 0 Å². The molecule has 3 heteroatoms. The van der Waals surface area contributed by atoms with E-state index in [4.69, 9.17) is 0 Å². The first kappa shape index (κ1) is 21.5. The normalized spacial score (nSPS) is 26.5. The molecule has 2 aliphatic heterocycles. The van der Waals surface area contributed by atoms with E-state index in [9.17, 15) is 0 Å². The van der Waals surface area contributed by atoms with E-state index in [0.29, 0.717) is 31.5 Å². The van der Waals surface area contributed by atoms with Crippen molar-refractivity contribution in [1.29, 1.82) is 0 Å². The minimum atomic E-state index is 0. The largest absolute Gasteiger partial charge is 0 e. The van der Waals surface area contributed by atoms with E-state index in [2.05, 4.69) is 55.4 Å². The summed E-state index contributed by atoms with van der Waals surface area (Å²) in [6.45, 7) is 18.0. The zero-order valence-corrected chi connectivity index (χ0v) is 19.7. The molecule has 2 fully saturated rings. The topological polar surface area (TPSA) is 0 Å². The van der Waals surface area contributed by atoms with Gasteiger partial charge in [0.15, 0.2) is 0 Å². The zero-order valence-electron chi connectivity index (χ0n) is 13.3. The van der Waals surface area contributed by atoms with Gasteiger partial charge < -0.3 is 0 Å². The molecule has 104 valence electrons. The molecule has 0 bridgehead atoms. The summed E-state index contributed by atoms with van der Waals surface area (Å²) in [6, 6.07) is 0. The van der Waals surface area contributed by atoms with Gasteiger partial charge >= 0.3 is 129 Å². The van der Waals surface area contributed by atoms with Crippen LogP contribution >= 0.6 is 0 Å². The molecule has 0 aromatic heterocycles. The summed E-state index contributed by atoms with van der Waals surface area (Å²) >= 11 is 0.860. The smallest absolute Gasteiger partial charge is 0 e. The number of hydrogen-bond donors (Lipinski definition) is 0. The Hall–Kier alpha value is 2.45. The minimum absolute atomic E-state index is 0. The summed E-state index contributed by atoms with van der Waals surface area (Å²) in [7, 11) is 0. The van der Waals surface area contributed by atoms with Crippen molar-refractivity contribution in [2.24, 2.45) is 0 Å². The molecule has 2 rings (SSSR count). The van der Waals surface area contributed by atoms with Crippen LogP contribution in [0.3, 0.4) is 0 Å². The van der Waals surface area contributed by atoms with Gasteiger partial charge in [0.25, 0.3) is 0 Å². The van der Waals surface area contributed by atoms with E-state index >= 15 is 0 Å². The van der Waals surface area contributed by atoms with Crippen LogP contribution in [0.5, 0.6) is 0 Å². The second-order valence-electron chi connectivity index (χ2n) is 5.07. The summed E-state index contributed by atoms with van der Waals surface area (Å²) in [5, 5.41) is 0. The van der Waals surface area contributed by atoms with Gasteiger partial charge in [0.05, 0.1) is 0 Å². The first-order valence-corrected chi connectivity index (χ1v) is 10.1. The van der Waals surface area contributed by atoms with Crippen LogP contribution in [0.25, 0.3) is 0 Å². The second-order valence-corrected chi connectivity index (χ2v) is 11.6. The van der Waals surface area contributed by atoms with Gasteiger partial charge in [-0.3, -0.25) is 0 Å². The molecule has 0 unspecified atom stereocenters. The molecule has 19 heavy (non-hydrogen) atoms. The van der Waals surface area contributed by atoms with E-state index in [1.165, 1.54) is 0 Å². The van der Waals surface area contributed by atoms with E-state index < -0.39 is 0 Å². The third-order valence-corrected chi connectivity index (χ3v) is 9.60. The molecule has 0 aromatic carbocycles. The maximum absolute atomic E-state index is 2.26. The third-order valence-electron chi connectivity index (χ3n) is 3.97. The van der Waals surface area contributed by atoms with Crippen LogP contribution in [0.4, 0.5) is 0 Å². The maximum Gasteiger partial charge on any atom is 0 e. The molecule has 10 radical (unpaired) electrons. The van der Waals surface area contributed by atoms with Gasteiger partial charge in [0.2, 0.25) is 0 Å². The second kappa shape index (κ2) is 9.56. The van der Waals surface area contributed by atoms with Gasteiger partial charge in [-0.15, -0.1) is 0 Å². The van der Waals surface area contributed by atoms with Crippen LogP contribution < -0.4 is 0 Å². The average molecular weight is 517 g/mol. The molecule has 2 heterocycles. The van der Waals surface area contributed by atoms with Crippen molar-refractivity contribution in [2.45, 2.75) is 55.4 Å². The van der Waals surface area contributed by atoms with Crippen LogP contribution in [0.1, 0.15) is 55.4 Å². The van der Waals surface area contributed by atoms with E-state index in [1.807, 2.05) is 0 Å². The fourth-order valence-electron chi connectivity index (χ4n) is 1.92. The maximum atomic E-state index is 2.26. The molecular formula is C16H24As2Sm. The van der Waals surface area contributed by atoms with Gasteiger partial charge in [-0.05, 0) is 0 Å². The zero-order chi connectivity index (χ0) is 14.0. The summed E-state index contributed by atoms with van der Waals surface area (Å²) in [5.74, 6) is 6.19. The van der Waals surface area contributed by atoms with Crippen molar-refractivity contribution in [3.63, 3.8) is 0 Å². The Kier molecular flexibility index (Phi) is 10.8. The first-order chi connectivity index (χ1) is 8.25. The van der Waals surface area contributed by atoms with E-state index in [1.54, 1.807) is 42.5 Å². The van der Waals surface area contributed by atoms with Gasteiger partial charge in [0, 0.05) is 40.4 Å². The molecular weight excluding hydrogens is 492 g/mol. The fraction of sp³-hybridized carbons (Fsp3) is 0.500. The molecule has 0 aliphatic carbocycles. The fourth-order valence-corrected chi connectivity index (χ4v) is 6.85. The number of hydrogen-bond acceptors (Lipinski definition) is 0. The summed E-state index contributed by atoms with van der Waals surface area (Å²) in [5.41, 5.74) is 0. The Balaban J connectivity index is 0.000000324. The van der Waals surface area contributed by atoms with Crippen molar-refractivity contribution in [3.05, 3.63) is 42.5 Å². The predicted octanol–water partition coefficient (Wildman–Crippen LogP) is 3.99. The summed E-state index contributed by atoms with van der Waals surface area (Å²) in [6.07, 6.45) is 0. The molecule has 0 aromatic rings. The minimum Gasteiger partial charge on any atom is 0 e. The van der Waals surface area contributed by atoms with Gasteiger partial charge in [-0.2, -0.15) is 0 Å². The van der Waals surface area contributed by atoms with Crippen LogP contribution in [0.15, 0.2) is 0 Å². The molecule has 0 N–H and O–H groups in total. The summed E-state index contributed by atoms with van der Waals surface area (Å²) in [4.78, 5) is 0. The van der Waals surface area contributed by atoms with E-state index in [0.717, 1.165) is 0 Å². The van der Waals surface area contributed by atoms with Gasteiger partial charge in [-0.1, -0.05) is 0 Å². The van der Waals surface area contributed by atoms with Crippen molar-refractivity contribution >= 4 is 31.5 Å². The van der Waals surface area contributed by atoms with Crippen LogP contribution in [-0.2, 0) is 0 Å². The monoisotopic (exact) mass is 518 g/mol. The van der Waals surface area contributed by atoms with Crippen LogP contribution in [0.2, 0.25) is 0 Å². The Morgan fingerprint density at radius 3 is 0.632 bits per heavy atom. The van der Waals surface area contributed by atoms with Crippen molar-refractivity contribution < 1.29 is 40.4 Å². The Labute approximate surface area is 167 Å². The first-order valence-electron chi connectivity index (χ1n) is 6.39. The molecule has 0 spiro atoms. The number of rotatable bonds is 0. The van der Waals surface area contributed by atoms with Crippen molar-refractivity contribution in [2.75, 3.05) is 0 Å². The molecule has 0 amide bonds. The molecule has 0 saturated carbocycles. The van der Waals surface area contributed by atoms with Crippen LogP contribution in [0, 0.1) is 82.9 Å². The predicted molar refractivity (Wildman–Crippen MR) is 82.8 cm³/mol. The van der Waals surface area contributed by atoms with Crippen LogP contribution in [-0.4, -0.2) is 31.5 Å². The Morgan fingerprint density at radius 1 is 0.421 bits per heavy atom. The van der Waals surface area contributed by atoms with E-state index in [-0.39, 0.29) is 40.4 Å². The van der Waals surface area contributed by atoms with Gasteiger partial charge in [0.1, 0.15) is 0 Å². The van der Waals surface area contributed by atoms with Gasteiger partial charge in [-0.25, -0.2) is 0 Å². The summed E-state index contributed by atoms with van der Waals surface area (Å²) < 4.78 is 6.56. The molecule has 2 aliphatic rings. The average Bonchev–Trinajstić information content (AvgIpc) is 2.66. The Morgan fingerprint density at radius 2 is 0.579 bits per heavy atom. The van der Waals surface area contributed by atoms with Crippen molar-refractivity contribution in [1.82, 2.24) is 0 Å². The standard InChI is InChI=1S/2C8H12As.Sm/c2*1-5-6(2)8(4)9-7(5)3;/h2*1-4H3;. The SMILES string of the molecule is C[C]1[As][C](C)[C](C)[C]1C.C[C]1[As][C](C)[C](C)[C]1C.[Sm]. The molecule has 2 saturated heterocycles. The molecule has 0 nitrogen and oxygen atoms in total. The Bertz CT molecular complexity index is 209. The molecule has 0 atom stereocenters. The third kappa shape index (κ3) is 5.87.